The molecule has 0 rings (SSSR count). The molecular formula is C6H15N. The van der Waals surface area contributed by atoms with E-state index < -0.39 is 0 Å². The normalized spacial score (nSPS) is 3.29. The quantitative estimate of drug-likeness (QED) is 0.358. The van der Waals surface area contributed by atoms with Gasteiger partial charge in [0.1, 0.15) is 0 Å². The SMILES string of the molecule is C=C.CC.CC=N. The number of hydrogen-bond donors (Lipinski definition) is 1. The second-order valence-corrected chi connectivity index (χ2v) is 0.289. The molecule has 0 aromatic carbocycles. The van der Waals surface area contributed by atoms with E-state index in [2.05, 4.69) is 13.2 Å². The Morgan fingerprint density at radius 3 is 1.29 bits per heavy atom. The molecule has 0 saturated carbocycles. The zero-order valence-electron chi connectivity index (χ0n) is 5.49. The van der Waals surface area contributed by atoms with Crippen molar-refractivity contribution in [3.05, 3.63) is 13.2 Å². The monoisotopic (exact) mass is 101 g/mol. The van der Waals surface area contributed by atoms with Crippen molar-refractivity contribution in [2.45, 2.75) is 20.8 Å². The van der Waals surface area contributed by atoms with Crippen molar-refractivity contribution in [3.63, 3.8) is 0 Å². The zero-order chi connectivity index (χ0) is 6.71. The molecule has 1 heteroatoms. The molecule has 44 valence electrons. The lowest BCUT2D eigenvalue weighted by Gasteiger charge is -1.30. The van der Waals surface area contributed by atoms with E-state index in [1.165, 1.54) is 6.21 Å². The molecule has 0 atom stereocenters. The van der Waals surface area contributed by atoms with Gasteiger partial charge in [0.2, 0.25) is 0 Å². The van der Waals surface area contributed by atoms with Gasteiger partial charge in [-0.05, 0) is 13.1 Å². The van der Waals surface area contributed by atoms with Crippen molar-refractivity contribution < 1.29 is 0 Å². The Hall–Kier alpha value is -0.590. The first kappa shape index (κ1) is 16.1. The van der Waals surface area contributed by atoms with Crippen LogP contribution in [0.1, 0.15) is 20.8 Å². The minimum Gasteiger partial charge on any atom is -0.313 e. The van der Waals surface area contributed by atoms with E-state index in [0.29, 0.717) is 0 Å². The maximum atomic E-state index is 6.08. The molecule has 0 unspecified atom stereocenters. The van der Waals surface area contributed by atoms with E-state index >= 15 is 0 Å². The summed E-state index contributed by atoms with van der Waals surface area (Å²) in [7, 11) is 0. The van der Waals surface area contributed by atoms with Gasteiger partial charge in [0.25, 0.3) is 0 Å². The van der Waals surface area contributed by atoms with Crippen LogP contribution in [0.15, 0.2) is 13.2 Å². The molecule has 0 amide bonds. The molecule has 0 aliphatic carbocycles. The van der Waals surface area contributed by atoms with Crippen molar-refractivity contribution in [2.24, 2.45) is 0 Å². The highest BCUT2D eigenvalue weighted by atomic mass is 14.3. The molecule has 0 bridgehead atoms. The third kappa shape index (κ3) is 181. The topological polar surface area (TPSA) is 23.9 Å². The van der Waals surface area contributed by atoms with Crippen LogP contribution in [-0.2, 0) is 0 Å². The summed E-state index contributed by atoms with van der Waals surface area (Å²) in [4.78, 5) is 0. The average Bonchev–Trinajstić information content (AvgIpc) is 1.78. The number of rotatable bonds is 0. The highest BCUT2D eigenvalue weighted by molar-refractivity contribution is 5.48. The van der Waals surface area contributed by atoms with Crippen molar-refractivity contribution in [3.8, 4) is 0 Å². The molecule has 0 radical (unpaired) electrons. The Labute approximate surface area is 46.6 Å². The lowest BCUT2D eigenvalue weighted by molar-refractivity contribution is 1.50. The molecule has 0 aromatic heterocycles. The maximum Gasteiger partial charge on any atom is -0.00788 e. The van der Waals surface area contributed by atoms with Crippen molar-refractivity contribution in [1.29, 1.82) is 5.41 Å². The number of hydrogen-bond acceptors (Lipinski definition) is 1. The summed E-state index contributed by atoms with van der Waals surface area (Å²) in [5.74, 6) is 0. The van der Waals surface area contributed by atoms with Crippen molar-refractivity contribution in [1.82, 2.24) is 0 Å². The predicted molar refractivity (Wildman–Crippen MR) is 37.1 cm³/mol. The van der Waals surface area contributed by atoms with Gasteiger partial charge in [-0.15, -0.1) is 13.2 Å². The molecule has 0 spiro atoms. The van der Waals surface area contributed by atoms with Crippen LogP contribution in [0.2, 0.25) is 0 Å². The fourth-order valence-electron chi connectivity index (χ4n) is 0. The second kappa shape index (κ2) is 626. The smallest absolute Gasteiger partial charge is 0.00788 e. The van der Waals surface area contributed by atoms with Gasteiger partial charge in [-0.1, -0.05) is 13.8 Å². The van der Waals surface area contributed by atoms with Gasteiger partial charge in [0.15, 0.2) is 0 Å². The Bertz CT molecular complexity index is 18.1. The first-order valence-corrected chi connectivity index (χ1v) is 2.37. The van der Waals surface area contributed by atoms with E-state index in [4.69, 9.17) is 5.41 Å². The third-order valence-electron chi connectivity index (χ3n) is 0. The van der Waals surface area contributed by atoms with Crippen LogP contribution in [-0.4, -0.2) is 6.21 Å². The van der Waals surface area contributed by atoms with Crippen LogP contribution in [0, 0.1) is 5.41 Å². The Balaban J connectivity index is -0.0000000360. The minimum absolute atomic E-state index is 1.25. The molecule has 0 aliphatic rings. The number of nitrogens with one attached hydrogen (secondary N) is 1. The van der Waals surface area contributed by atoms with Gasteiger partial charge in [-0.2, -0.15) is 0 Å². The van der Waals surface area contributed by atoms with E-state index in [1.807, 2.05) is 13.8 Å². The Morgan fingerprint density at radius 2 is 1.29 bits per heavy atom. The van der Waals surface area contributed by atoms with Crippen molar-refractivity contribution in [2.75, 3.05) is 0 Å². The van der Waals surface area contributed by atoms with Gasteiger partial charge in [0, 0.05) is 0 Å². The summed E-state index contributed by atoms with van der Waals surface area (Å²) in [6, 6.07) is 0. The summed E-state index contributed by atoms with van der Waals surface area (Å²) in [6.45, 7) is 11.7. The molecule has 7 heavy (non-hydrogen) atoms. The molecule has 0 aromatic rings. The highest BCUT2D eigenvalue weighted by Gasteiger charge is 1.17. The molecule has 0 heterocycles. The fourth-order valence-corrected chi connectivity index (χ4v) is 0. The lowest BCUT2D eigenvalue weighted by Crippen LogP contribution is -1.32. The summed E-state index contributed by atoms with van der Waals surface area (Å²) >= 11 is 0. The molecule has 0 aliphatic heterocycles. The van der Waals surface area contributed by atoms with Crippen LogP contribution in [0.3, 0.4) is 0 Å². The van der Waals surface area contributed by atoms with Gasteiger partial charge >= 0.3 is 0 Å². The average molecular weight is 101 g/mol. The maximum absolute atomic E-state index is 6.08. The summed E-state index contributed by atoms with van der Waals surface area (Å²) in [6.07, 6.45) is 1.25. The first-order chi connectivity index (χ1) is 3.41. The van der Waals surface area contributed by atoms with Gasteiger partial charge < -0.3 is 5.41 Å². The molecule has 0 fully saturated rings. The fraction of sp³-hybridized carbons (Fsp3) is 0.500. The summed E-state index contributed by atoms with van der Waals surface area (Å²) < 4.78 is 0. The van der Waals surface area contributed by atoms with E-state index in [9.17, 15) is 0 Å². The largest absolute Gasteiger partial charge is 0.313 e. The second-order valence-electron chi connectivity index (χ2n) is 0.289. The molecule has 0 saturated heterocycles. The van der Waals surface area contributed by atoms with E-state index in [0.717, 1.165) is 0 Å². The van der Waals surface area contributed by atoms with Crippen LogP contribution in [0.4, 0.5) is 0 Å². The Morgan fingerprint density at radius 1 is 1.29 bits per heavy atom. The summed E-state index contributed by atoms with van der Waals surface area (Å²) in [5.41, 5.74) is 0. The van der Waals surface area contributed by atoms with Crippen LogP contribution in [0.5, 0.6) is 0 Å². The van der Waals surface area contributed by atoms with Gasteiger partial charge in [0.05, 0.1) is 0 Å². The zero-order valence-corrected chi connectivity index (χ0v) is 5.49. The van der Waals surface area contributed by atoms with Crippen LogP contribution in [0.25, 0.3) is 0 Å². The highest BCUT2D eigenvalue weighted by Crippen LogP contribution is 1.17. The minimum atomic E-state index is 1.25. The van der Waals surface area contributed by atoms with Gasteiger partial charge in [-0.3, -0.25) is 0 Å². The Kier molecular flexibility index (Phi) is 1440. The predicted octanol–water partition coefficient (Wildman–Crippen LogP) is 2.48. The van der Waals surface area contributed by atoms with Crippen molar-refractivity contribution >= 4 is 6.21 Å². The third-order valence-corrected chi connectivity index (χ3v) is 0. The van der Waals surface area contributed by atoms with E-state index in [1.54, 1.807) is 6.92 Å². The van der Waals surface area contributed by atoms with Crippen LogP contribution >= 0.6 is 0 Å². The summed E-state index contributed by atoms with van der Waals surface area (Å²) in [5, 5.41) is 6.08. The lowest BCUT2D eigenvalue weighted by atomic mass is 10.9. The first-order valence-electron chi connectivity index (χ1n) is 2.37. The van der Waals surface area contributed by atoms with Crippen LogP contribution < -0.4 is 0 Å². The molecule has 1 N–H and O–H groups in total. The standard InChI is InChI=1S/C2H5N.C2H6.C2H4/c1-2-3;2*1-2/h2-3H,1H3;1-2H3;1-2H2. The van der Waals surface area contributed by atoms with Gasteiger partial charge in [-0.25, -0.2) is 0 Å². The molecular weight excluding hydrogens is 86.1 g/mol. The van der Waals surface area contributed by atoms with E-state index in [-0.39, 0.29) is 0 Å². The molecule has 1 nitrogen and oxygen atoms in total.